The first-order valence-electron chi connectivity index (χ1n) is 7.80. The topological polar surface area (TPSA) is 46.0 Å². The molecule has 0 aromatic carbocycles. The third-order valence-electron chi connectivity index (χ3n) is 4.23. The van der Waals surface area contributed by atoms with E-state index in [1.54, 1.807) is 0 Å². The summed E-state index contributed by atoms with van der Waals surface area (Å²) in [5, 5.41) is 4.63. The van der Waals surface area contributed by atoms with Crippen molar-refractivity contribution in [2.24, 2.45) is 0 Å². The molecule has 1 saturated carbocycles. The minimum absolute atomic E-state index is 0.718. The average molecular weight is 303 g/mol. The van der Waals surface area contributed by atoms with Crippen molar-refractivity contribution in [3.63, 3.8) is 0 Å². The minimum Gasteiger partial charge on any atom is -0.339 e. The molecular formula is C15H21N5S. The number of fused-ring (bicyclic) bond motifs is 1. The van der Waals surface area contributed by atoms with E-state index in [4.69, 9.17) is 4.98 Å². The Labute approximate surface area is 129 Å². The molecule has 1 N–H and O–H groups in total. The molecule has 1 fully saturated rings. The number of thiazole rings is 1. The molecule has 2 aromatic rings. The minimum atomic E-state index is 0.718. The Hall–Kier alpha value is -1.40. The van der Waals surface area contributed by atoms with Crippen LogP contribution in [0.25, 0.3) is 0 Å². The fourth-order valence-electron chi connectivity index (χ4n) is 2.86. The molecule has 1 aliphatic heterocycles. The van der Waals surface area contributed by atoms with Gasteiger partial charge in [0.2, 0.25) is 0 Å². The number of imidazole rings is 1. The average Bonchev–Trinajstić information content (AvgIpc) is 3.10. The van der Waals surface area contributed by atoms with E-state index in [1.165, 1.54) is 28.5 Å². The lowest BCUT2D eigenvalue weighted by atomic mass is 10.2. The highest BCUT2D eigenvalue weighted by atomic mass is 32.1. The van der Waals surface area contributed by atoms with Crippen LogP contribution in [0.15, 0.2) is 12.4 Å². The molecule has 3 heterocycles. The van der Waals surface area contributed by atoms with Crippen LogP contribution in [0.3, 0.4) is 0 Å². The predicted octanol–water partition coefficient (Wildman–Crippen LogP) is 2.35. The number of anilines is 1. The van der Waals surface area contributed by atoms with Gasteiger partial charge < -0.3 is 14.8 Å². The Morgan fingerprint density at radius 2 is 2.29 bits per heavy atom. The second-order valence-corrected chi connectivity index (χ2v) is 6.88. The lowest BCUT2D eigenvalue weighted by Gasteiger charge is -2.27. The lowest BCUT2D eigenvalue weighted by Crippen LogP contribution is -2.33. The summed E-state index contributed by atoms with van der Waals surface area (Å²) in [4.78, 5) is 13.2. The van der Waals surface area contributed by atoms with Crippen LogP contribution in [0.4, 0.5) is 5.13 Å². The molecular weight excluding hydrogens is 282 g/mol. The smallest absolute Gasteiger partial charge is 0.186 e. The van der Waals surface area contributed by atoms with Gasteiger partial charge in [-0.2, -0.15) is 0 Å². The molecule has 1 aliphatic carbocycles. The largest absolute Gasteiger partial charge is 0.339 e. The van der Waals surface area contributed by atoms with Gasteiger partial charge >= 0.3 is 0 Å². The van der Waals surface area contributed by atoms with Crippen molar-refractivity contribution < 1.29 is 0 Å². The van der Waals surface area contributed by atoms with Gasteiger partial charge in [-0.1, -0.05) is 6.92 Å². The molecule has 0 saturated heterocycles. The van der Waals surface area contributed by atoms with Crippen molar-refractivity contribution >= 4 is 16.5 Å². The molecule has 21 heavy (non-hydrogen) atoms. The van der Waals surface area contributed by atoms with Gasteiger partial charge in [-0.05, 0) is 19.4 Å². The van der Waals surface area contributed by atoms with E-state index < -0.39 is 0 Å². The zero-order valence-electron chi connectivity index (χ0n) is 12.4. The molecule has 0 atom stereocenters. The second kappa shape index (κ2) is 5.42. The number of aromatic nitrogens is 3. The zero-order chi connectivity index (χ0) is 14.2. The molecule has 112 valence electrons. The van der Waals surface area contributed by atoms with E-state index in [2.05, 4.69) is 32.9 Å². The van der Waals surface area contributed by atoms with E-state index in [0.29, 0.717) is 0 Å². The van der Waals surface area contributed by atoms with Crippen LogP contribution < -0.4 is 10.2 Å². The van der Waals surface area contributed by atoms with Crippen LogP contribution in [0, 0.1) is 0 Å². The van der Waals surface area contributed by atoms with Crippen molar-refractivity contribution in [1.29, 1.82) is 0 Å². The first-order valence-corrected chi connectivity index (χ1v) is 8.62. The fraction of sp³-hybridized carbons (Fsp3) is 0.600. The normalized spacial score (nSPS) is 18.0. The summed E-state index contributed by atoms with van der Waals surface area (Å²) < 4.78 is 2.24. The number of hydrogen-bond acceptors (Lipinski definition) is 5. The Balaban J connectivity index is 1.57. The summed E-state index contributed by atoms with van der Waals surface area (Å²) in [6.45, 7) is 7.05. The standard InChI is InChI=1S/C15H21N5S/c1-2-16-9-12-14(11-3-4-11)18-15(21-12)20-8-7-19-6-5-17-13(19)10-20/h5-6,11,16H,2-4,7-10H2,1H3. The van der Waals surface area contributed by atoms with Gasteiger partial charge in [0.05, 0.1) is 12.2 Å². The van der Waals surface area contributed by atoms with Crippen LogP contribution in [0.1, 0.15) is 42.1 Å². The van der Waals surface area contributed by atoms with Gasteiger partial charge in [0.25, 0.3) is 0 Å². The van der Waals surface area contributed by atoms with Crippen LogP contribution >= 0.6 is 11.3 Å². The Morgan fingerprint density at radius 1 is 1.38 bits per heavy atom. The molecule has 2 aromatic heterocycles. The number of nitrogens with zero attached hydrogens (tertiary/aromatic N) is 4. The second-order valence-electron chi connectivity index (χ2n) is 5.82. The van der Waals surface area contributed by atoms with E-state index in [0.717, 1.165) is 44.5 Å². The maximum absolute atomic E-state index is 4.97. The van der Waals surface area contributed by atoms with Gasteiger partial charge in [0, 0.05) is 42.8 Å². The highest BCUT2D eigenvalue weighted by Gasteiger charge is 2.31. The number of hydrogen-bond donors (Lipinski definition) is 1. The number of rotatable bonds is 5. The third kappa shape index (κ3) is 2.58. The Bertz CT molecular complexity index is 628. The molecule has 5 nitrogen and oxygen atoms in total. The summed E-state index contributed by atoms with van der Waals surface area (Å²) in [6, 6.07) is 0. The van der Waals surface area contributed by atoms with Crippen molar-refractivity contribution in [1.82, 2.24) is 19.9 Å². The van der Waals surface area contributed by atoms with Gasteiger partial charge in [-0.15, -0.1) is 11.3 Å². The van der Waals surface area contributed by atoms with Crippen molar-refractivity contribution in [3.05, 3.63) is 28.8 Å². The highest BCUT2D eigenvalue weighted by Crippen LogP contribution is 2.44. The van der Waals surface area contributed by atoms with E-state index in [9.17, 15) is 0 Å². The van der Waals surface area contributed by atoms with Gasteiger partial charge in [0.1, 0.15) is 5.82 Å². The maximum atomic E-state index is 4.97. The van der Waals surface area contributed by atoms with Crippen molar-refractivity contribution in [3.8, 4) is 0 Å². The monoisotopic (exact) mass is 303 g/mol. The van der Waals surface area contributed by atoms with Gasteiger partial charge in [-0.25, -0.2) is 9.97 Å². The van der Waals surface area contributed by atoms with Crippen molar-refractivity contribution in [2.45, 2.75) is 45.3 Å². The fourth-order valence-corrected chi connectivity index (χ4v) is 4.00. The molecule has 0 bridgehead atoms. The van der Waals surface area contributed by atoms with E-state index in [-0.39, 0.29) is 0 Å². The predicted molar refractivity (Wildman–Crippen MR) is 84.7 cm³/mol. The van der Waals surface area contributed by atoms with Crippen LogP contribution in [-0.2, 0) is 19.6 Å². The zero-order valence-corrected chi connectivity index (χ0v) is 13.2. The SMILES string of the molecule is CCNCc1sc(N2CCn3ccnc3C2)nc1C1CC1. The highest BCUT2D eigenvalue weighted by molar-refractivity contribution is 7.15. The van der Waals surface area contributed by atoms with Gasteiger partial charge in [-0.3, -0.25) is 0 Å². The Morgan fingerprint density at radius 3 is 3.10 bits per heavy atom. The molecule has 0 radical (unpaired) electrons. The molecule has 2 aliphatic rings. The summed E-state index contributed by atoms with van der Waals surface area (Å²) >= 11 is 1.87. The summed E-state index contributed by atoms with van der Waals surface area (Å²) in [7, 11) is 0. The molecule has 4 rings (SSSR count). The quantitative estimate of drug-likeness (QED) is 0.921. The Kier molecular flexibility index (Phi) is 3.43. The van der Waals surface area contributed by atoms with Crippen LogP contribution in [0.5, 0.6) is 0 Å². The first-order chi connectivity index (χ1) is 10.3. The molecule has 0 spiro atoms. The van der Waals surface area contributed by atoms with Crippen LogP contribution in [0.2, 0.25) is 0 Å². The summed E-state index contributed by atoms with van der Waals surface area (Å²) in [5.74, 6) is 1.87. The molecule has 0 unspecified atom stereocenters. The molecule has 0 amide bonds. The van der Waals surface area contributed by atoms with Gasteiger partial charge in [0.15, 0.2) is 5.13 Å². The summed E-state index contributed by atoms with van der Waals surface area (Å²) in [5.41, 5.74) is 1.35. The van der Waals surface area contributed by atoms with E-state index in [1.807, 2.05) is 17.5 Å². The van der Waals surface area contributed by atoms with Crippen molar-refractivity contribution in [2.75, 3.05) is 18.0 Å². The van der Waals surface area contributed by atoms with E-state index >= 15 is 0 Å². The van der Waals surface area contributed by atoms with Crippen LogP contribution in [-0.4, -0.2) is 27.6 Å². The summed E-state index contributed by atoms with van der Waals surface area (Å²) in [6.07, 6.45) is 6.59. The maximum Gasteiger partial charge on any atom is 0.186 e. The third-order valence-corrected chi connectivity index (χ3v) is 5.36. The first kappa shape index (κ1) is 13.3. The lowest BCUT2D eigenvalue weighted by molar-refractivity contribution is 0.559. The number of nitrogens with one attached hydrogen (secondary N) is 1. The molecule has 6 heteroatoms.